The van der Waals surface area contributed by atoms with Crippen molar-refractivity contribution in [3.63, 3.8) is 0 Å². The molecule has 0 amide bonds. The molecule has 100 valence electrons. The van der Waals surface area contributed by atoms with E-state index in [0.717, 1.165) is 41.8 Å². The highest BCUT2D eigenvalue weighted by Crippen LogP contribution is 2.46. The van der Waals surface area contributed by atoms with E-state index in [1.54, 1.807) is 14.2 Å². The maximum Gasteiger partial charge on any atom is 0.165 e. The summed E-state index contributed by atoms with van der Waals surface area (Å²) in [4.78, 5) is 0. The zero-order valence-corrected chi connectivity index (χ0v) is 12.8. The highest BCUT2D eigenvalue weighted by atomic mass is 79.9. The van der Waals surface area contributed by atoms with Crippen LogP contribution in [0.25, 0.3) is 0 Å². The van der Waals surface area contributed by atoms with Gasteiger partial charge in [-0.25, -0.2) is 0 Å². The Morgan fingerprint density at radius 3 is 2.78 bits per heavy atom. The lowest BCUT2D eigenvalue weighted by molar-refractivity contribution is 0.347. The first-order valence-electron chi connectivity index (χ1n) is 6.39. The van der Waals surface area contributed by atoms with Crippen molar-refractivity contribution >= 4 is 15.9 Å². The number of rotatable bonds is 5. The molecule has 1 aromatic rings. The van der Waals surface area contributed by atoms with Gasteiger partial charge < -0.3 is 14.8 Å². The normalized spacial score (nSPS) is 17.7. The fourth-order valence-corrected chi connectivity index (χ4v) is 3.23. The van der Waals surface area contributed by atoms with Gasteiger partial charge in [-0.3, -0.25) is 0 Å². The Morgan fingerprint density at radius 2 is 2.17 bits per heavy atom. The van der Waals surface area contributed by atoms with E-state index in [1.165, 1.54) is 11.1 Å². The van der Waals surface area contributed by atoms with Crippen LogP contribution in [0.4, 0.5) is 0 Å². The summed E-state index contributed by atoms with van der Waals surface area (Å²) in [6.07, 6.45) is 3.34. The van der Waals surface area contributed by atoms with Crippen LogP contribution in [0.3, 0.4) is 0 Å². The van der Waals surface area contributed by atoms with Gasteiger partial charge in [-0.05, 0) is 37.4 Å². The van der Waals surface area contributed by atoms with Gasteiger partial charge in [-0.2, -0.15) is 0 Å². The minimum Gasteiger partial charge on any atom is -0.493 e. The Kier molecular flexibility index (Phi) is 4.51. The van der Waals surface area contributed by atoms with Gasteiger partial charge >= 0.3 is 0 Å². The molecule has 0 saturated carbocycles. The van der Waals surface area contributed by atoms with E-state index in [0.29, 0.717) is 6.04 Å². The van der Waals surface area contributed by atoms with Crippen LogP contribution >= 0.6 is 15.9 Å². The molecule has 0 bridgehead atoms. The Hall–Kier alpha value is -0.740. The Labute approximate surface area is 117 Å². The molecule has 1 N–H and O–H groups in total. The molecule has 1 unspecified atom stereocenters. The third-order valence-corrected chi connectivity index (χ3v) is 4.14. The third kappa shape index (κ3) is 2.36. The molecule has 0 fully saturated rings. The topological polar surface area (TPSA) is 30.5 Å². The third-order valence-electron chi connectivity index (χ3n) is 3.44. The first-order chi connectivity index (χ1) is 8.72. The van der Waals surface area contributed by atoms with E-state index >= 15 is 0 Å². The molecule has 1 aliphatic rings. The largest absolute Gasteiger partial charge is 0.493 e. The molecule has 1 atom stereocenters. The Morgan fingerprint density at radius 1 is 1.39 bits per heavy atom. The summed E-state index contributed by atoms with van der Waals surface area (Å²) in [5, 5.41) is 3.58. The first kappa shape index (κ1) is 13.7. The van der Waals surface area contributed by atoms with Crippen molar-refractivity contribution in [1.29, 1.82) is 0 Å². The average Bonchev–Trinajstić information content (AvgIpc) is 2.80. The van der Waals surface area contributed by atoms with Crippen LogP contribution in [0.15, 0.2) is 10.5 Å². The molecular weight excluding hydrogens is 294 g/mol. The number of fused-ring (bicyclic) bond motifs is 1. The molecule has 0 aromatic heterocycles. The maximum absolute atomic E-state index is 5.56. The van der Waals surface area contributed by atoms with E-state index in [-0.39, 0.29) is 0 Å². The van der Waals surface area contributed by atoms with Gasteiger partial charge in [-0.15, -0.1) is 0 Å². The van der Waals surface area contributed by atoms with E-state index in [9.17, 15) is 0 Å². The monoisotopic (exact) mass is 313 g/mol. The summed E-state index contributed by atoms with van der Waals surface area (Å²) in [6, 6.07) is 2.38. The second kappa shape index (κ2) is 5.93. The van der Waals surface area contributed by atoms with E-state index in [2.05, 4.69) is 28.2 Å². The summed E-state index contributed by atoms with van der Waals surface area (Å²) in [5.41, 5.74) is 2.61. The molecule has 0 radical (unpaired) electrons. The lowest BCUT2D eigenvalue weighted by atomic mass is 10.1. The number of methoxy groups -OCH3 is 2. The fraction of sp³-hybridized carbons (Fsp3) is 0.571. The van der Waals surface area contributed by atoms with Gasteiger partial charge in [0.15, 0.2) is 11.5 Å². The summed E-state index contributed by atoms with van der Waals surface area (Å²) in [7, 11) is 3.39. The number of halogens is 1. The van der Waals surface area contributed by atoms with Crippen LogP contribution < -0.4 is 14.8 Å². The maximum atomic E-state index is 5.56. The van der Waals surface area contributed by atoms with Gasteiger partial charge in [-0.1, -0.05) is 22.9 Å². The summed E-state index contributed by atoms with van der Waals surface area (Å²) in [5.74, 6) is 1.68. The SMILES string of the molecule is CCCNC1CCc2c(Br)cc(OC)c(OC)c21. The quantitative estimate of drug-likeness (QED) is 0.903. The molecule has 1 aromatic carbocycles. The zero-order chi connectivity index (χ0) is 13.1. The molecule has 1 aliphatic carbocycles. The Balaban J connectivity index is 2.43. The molecular formula is C14H20BrNO2. The van der Waals surface area contributed by atoms with Crippen molar-refractivity contribution in [3.05, 3.63) is 21.7 Å². The van der Waals surface area contributed by atoms with Crippen molar-refractivity contribution in [3.8, 4) is 11.5 Å². The standard InChI is InChI=1S/C14H20BrNO2/c1-4-7-16-11-6-5-9-10(15)8-12(17-2)14(18-3)13(9)11/h8,11,16H,4-7H2,1-3H3. The lowest BCUT2D eigenvalue weighted by Crippen LogP contribution is -2.20. The molecule has 0 saturated heterocycles. The molecule has 0 spiro atoms. The minimum atomic E-state index is 0.376. The number of hydrogen-bond acceptors (Lipinski definition) is 3. The molecule has 18 heavy (non-hydrogen) atoms. The second-order valence-electron chi connectivity index (χ2n) is 4.53. The van der Waals surface area contributed by atoms with E-state index in [1.807, 2.05) is 6.07 Å². The van der Waals surface area contributed by atoms with Gasteiger partial charge in [0.25, 0.3) is 0 Å². The van der Waals surface area contributed by atoms with Crippen LogP contribution in [-0.4, -0.2) is 20.8 Å². The first-order valence-corrected chi connectivity index (χ1v) is 7.18. The smallest absolute Gasteiger partial charge is 0.165 e. The summed E-state index contributed by atoms with van der Waals surface area (Å²) >= 11 is 3.63. The highest BCUT2D eigenvalue weighted by molar-refractivity contribution is 9.10. The molecule has 4 heteroatoms. The number of nitrogens with one attached hydrogen (secondary N) is 1. The van der Waals surface area contributed by atoms with E-state index < -0.39 is 0 Å². The van der Waals surface area contributed by atoms with Crippen molar-refractivity contribution in [2.45, 2.75) is 32.2 Å². The number of ether oxygens (including phenoxy) is 2. The summed E-state index contributed by atoms with van der Waals surface area (Å²) in [6.45, 7) is 3.21. The molecule has 3 nitrogen and oxygen atoms in total. The van der Waals surface area contributed by atoms with Gasteiger partial charge in [0.1, 0.15) is 0 Å². The van der Waals surface area contributed by atoms with Crippen LogP contribution in [-0.2, 0) is 6.42 Å². The predicted molar refractivity (Wildman–Crippen MR) is 76.6 cm³/mol. The second-order valence-corrected chi connectivity index (χ2v) is 5.39. The average molecular weight is 314 g/mol. The van der Waals surface area contributed by atoms with Crippen molar-refractivity contribution in [2.24, 2.45) is 0 Å². The number of hydrogen-bond donors (Lipinski definition) is 1. The van der Waals surface area contributed by atoms with Crippen LogP contribution in [0.1, 0.15) is 36.9 Å². The van der Waals surface area contributed by atoms with Gasteiger partial charge in [0, 0.05) is 16.1 Å². The van der Waals surface area contributed by atoms with Crippen LogP contribution in [0.2, 0.25) is 0 Å². The minimum absolute atomic E-state index is 0.376. The summed E-state index contributed by atoms with van der Waals surface area (Å²) < 4.78 is 12.1. The van der Waals surface area contributed by atoms with Gasteiger partial charge in [0.05, 0.1) is 14.2 Å². The number of benzene rings is 1. The lowest BCUT2D eigenvalue weighted by Gasteiger charge is -2.19. The molecule has 0 aliphatic heterocycles. The fourth-order valence-electron chi connectivity index (χ4n) is 2.61. The van der Waals surface area contributed by atoms with Crippen LogP contribution in [0, 0.1) is 0 Å². The predicted octanol–water partition coefficient (Wildman–Crippen LogP) is 3.45. The zero-order valence-electron chi connectivity index (χ0n) is 11.2. The molecule has 0 heterocycles. The van der Waals surface area contributed by atoms with Crippen molar-refractivity contribution in [2.75, 3.05) is 20.8 Å². The highest BCUT2D eigenvalue weighted by Gasteiger charge is 2.30. The van der Waals surface area contributed by atoms with E-state index in [4.69, 9.17) is 9.47 Å². The van der Waals surface area contributed by atoms with Crippen LogP contribution in [0.5, 0.6) is 11.5 Å². The van der Waals surface area contributed by atoms with Gasteiger partial charge in [0.2, 0.25) is 0 Å². The van der Waals surface area contributed by atoms with Crippen molar-refractivity contribution in [1.82, 2.24) is 5.32 Å². The van der Waals surface area contributed by atoms with Crippen molar-refractivity contribution < 1.29 is 9.47 Å². The molecule has 2 rings (SSSR count). The Bertz CT molecular complexity index is 434.